The molecule has 4 heterocycles. The summed E-state index contributed by atoms with van der Waals surface area (Å²) in [7, 11) is 0. The maximum atomic E-state index is 14.0. The number of carbonyl (C=O) groups is 1. The molecule has 10 nitrogen and oxygen atoms in total. The van der Waals surface area contributed by atoms with E-state index in [0.29, 0.717) is 37.6 Å². The van der Waals surface area contributed by atoms with Gasteiger partial charge in [0.2, 0.25) is 5.91 Å². The molecule has 1 unspecified atom stereocenters. The molecular formula is C25H25FN8O2. The Morgan fingerprint density at radius 1 is 1.25 bits per heavy atom. The highest BCUT2D eigenvalue weighted by Gasteiger charge is 2.39. The van der Waals surface area contributed by atoms with Gasteiger partial charge in [-0.1, -0.05) is 6.07 Å². The van der Waals surface area contributed by atoms with E-state index in [0.717, 1.165) is 36.1 Å². The van der Waals surface area contributed by atoms with Crippen LogP contribution in [0.2, 0.25) is 0 Å². The summed E-state index contributed by atoms with van der Waals surface area (Å²) in [6.45, 7) is 4.90. The van der Waals surface area contributed by atoms with Gasteiger partial charge in [0.25, 0.3) is 0 Å². The molecular weight excluding hydrogens is 463 g/mol. The molecule has 2 aromatic heterocycles. The van der Waals surface area contributed by atoms with Crippen LogP contribution < -0.4 is 0 Å². The number of carbonyl (C=O) groups excluding carboxylic acids is 1. The van der Waals surface area contributed by atoms with Crippen LogP contribution in [-0.2, 0) is 16.0 Å². The third-order valence-electron chi connectivity index (χ3n) is 7.69. The van der Waals surface area contributed by atoms with E-state index in [1.165, 1.54) is 17.1 Å². The molecule has 3 aromatic rings. The number of rotatable bonds is 3. The second-order valence-corrected chi connectivity index (χ2v) is 9.59. The Morgan fingerprint density at radius 2 is 2.14 bits per heavy atom. The number of hydrogen-bond donors (Lipinski definition) is 0. The lowest BCUT2D eigenvalue weighted by molar-refractivity contribution is -0.141. The Morgan fingerprint density at radius 3 is 2.94 bits per heavy atom. The van der Waals surface area contributed by atoms with Gasteiger partial charge in [-0.05, 0) is 64.6 Å². The van der Waals surface area contributed by atoms with E-state index in [9.17, 15) is 14.4 Å². The molecule has 0 saturated carbocycles. The number of tetrazole rings is 1. The molecule has 1 aromatic carbocycles. The fraction of sp³-hybridized carbons (Fsp3) is 0.440. The summed E-state index contributed by atoms with van der Waals surface area (Å²) in [5.74, 6) is 0.0913. The molecule has 3 aliphatic rings. The molecule has 36 heavy (non-hydrogen) atoms. The maximum Gasteiger partial charge on any atom is 0.230 e. The standard InChI is InChI=1S/C25H25FN8O2/c1-15-18(4-5-22(26)20(15)9-27)23-12-32-6-7-33(11-17(32)13-36-23)25(35)19-3-2-16-8-24(28-10-21(16)19)34-14-29-30-31-34/h4-5,8,10,14,17,19,23H,2-3,6-7,11-13H2,1H3/t17-,19?,23+/m1/s1. The highest BCUT2D eigenvalue weighted by atomic mass is 19.1. The molecule has 6 rings (SSSR count). The fourth-order valence-electron chi connectivity index (χ4n) is 5.70. The number of hydrogen-bond acceptors (Lipinski definition) is 8. The first-order valence-electron chi connectivity index (χ1n) is 12.1. The van der Waals surface area contributed by atoms with E-state index in [1.54, 1.807) is 19.2 Å². The SMILES string of the molecule is Cc1c([C@@H]2CN3CCN(C(=O)C4CCc5cc(-n6cnnn6)ncc54)C[C@@H]3CO2)ccc(F)c1C#N. The van der Waals surface area contributed by atoms with Crippen molar-refractivity contribution in [3.05, 3.63) is 64.4 Å². The summed E-state index contributed by atoms with van der Waals surface area (Å²) in [4.78, 5) is 22.3. The molecule has 2 saturated heterocycles. The zero-order chi connectivity index (χ0) is 24.8. The van der Waals surface area contributed by atoms with Crippen molar-refractivity contribution in [3.8, 4) is 11.9 Å². The van der Waals surface area contributed by atoms with Crippen LogP contribution in [0.3, 0.4) is 0 Å². The van der Waals surface area contributed by atoms with E-state index in [1.807, 2.05) is 17.0 Å². The van der Waals surface area contributed by atoms with Gasteiger partial charge in [0, 0.05) is 32.4 Å². The number of nitrogens with zero attached hydrogens (tertiary/aromatic N) is 8. The van der Waals surface area contributed by atoms with Crippen molar-refractivity contribution in [2.75, 3.05) is 32.8 Å². The molecule has 3 atom stereocenters. The zero-order valence-electron chi connectivity index (χ0n) is 19.8. The van der Waals surface area contributed by atoms with Gasteiger partial charge in [0.05, 0.1) is 30.2 Å². The van der Waals surface area contributed by atoms with Gasteiger partial charge < -0.3 is 9.64 Å². The first kappa shape index (κ1) is 22.7. The lowest BCUT2D eigenvalue weighted by Crippen LogP contribution is -2.60. The topological polar surface area (TPSA) is 113 Å². The van der Waals surface area contributed by atoms with E-state index in [2.05, 4.69) is 25.4 Å². The first-order valence-corrected chi connectivity index (χ1v) is 12.1. The highest BCUT2D eigenvalue weighted by molar-refractivity contribution is 5.85. The predicted molar refractivity (Wildman–Crippen MR) is 124 cm³/mol. The van der Waals surface area contributed by atoms with Crippen molar-refractivity contribution in [2.45, 2.75) is 37.8 Å². The molecule has 1 aliphatic carbocycles. The van der Waals surface area contributed by atoms with E-state index >= 15 is 0 Å². The van der Waals surface area contributed by atoms with Gasteiger partial charge in [0.1, 0.15) is 18.2 Å². The molecule has 0 spiro atoms. The number of pyridine rings is 1. The number of fused-ring (bicyclic) bond motifs is 2. The number of piperazine rings is 1. The molecule has 2 fully saturated rings. The van der Waals surface area contributed by atoms with Crippen LogP contribution in [0.5, 0.6) is 0 Å². The third-order valence-corrected chi connectivity index (χ3v) is 7.69. The normalized spacial score (nSPS) is 23.7. The van der Waals surface area contributed by atoms with Crippen molar-refractivity contribution < 1.29 is 13.9 Å². The number of aryl methyl sites for hydroxylation is 1. The summed E-state index contributed by atoms with van der Waals surface area (Å²) in [5.41, 5.74) is 3.65. The Hall–Kier alpha value is -3.75. The van der Waals surface area contributed by atoms with Crippen molar-refractivity contribution in [1.82, 2.24) is 35.0 Å². The maximum absolute atomic E-state index is 14.0. The summed E-state index contributed by atoms with van der Waals surface area (Å²) in [5, 5.41) is 20.5. The van der Waals surface area contributed by atoms with E-state index in [4.69, 9.17) is 4.74 Å². The minimum atomic E-state index is -0.505. The van der Waals surface area contributed by atoms with Crippen molar-refractivity contribution in [1.29, 1.82) is 5.26 Å². The Balaban J connectivity index is 1.12. The molecule has 0 bridgehead atoms. The number of aromatic nitrogens is 5. The number of halogens is 1. The van der Waals surface area contributed by atoms with Crippen LogP contribution in [0.15, 0.2) is 30.7 Å². The largest absolute Gasteiger partial charge is 0.370 e. The Labute approximate surface area is 207 Å². The van der Waals surface area contributed by atoms with Crippen LogP contribution >= 0.6 is 0 Å². The minimum Gasteiger partial charge on any atom is -0.370 e. The summed E-state index contributed by atoms with van der Waals surface area (Å²) >= 11 is 0. The van der Waals surface area contributed by atoms with Crippen LogP contribution in [0.1, 0.15) is 46.3 Å². The number of benzene rings is 1. The van der Waals surface area contributed by atoms with Gasteiger partial charge in [-0.15, -0.1) is 5.10 Å². The molecule has 11 heteroatoms. The fourth-order valence-corrected chi connectivity index (χ4v) is 5.70. The van der Waals surface area contributed by atoms with Gasteiger partial charge in [-0.2, -0.15) is 9.94 Å². The van der Waals surface area contributed by atoms with Gasteiger partial charge >= 0.3 is 0 Å². The first-order chi connectivity index (χ1) is 17.5. The molecule has 2 aliphatic heterocycles. The monoisotopic (exact) mass is 488 g/mol. The minimum absolute atomic E-state index is 0.0741. The molecule has 184 valence electrons. The summed E-state index contributed by atoms with van der Waals surface area (Å²) < 4.78 is 21.7. The summed E-state index contributed by atoms with van der Waals surface area (Å²) in [6.07, 6.45) is 4.65. The average Bonchev–Trinajstić information content (AvgIpc) is 3.58. The smallest absolute Gasteiger partial charge is 0.230 e. The number of nitriles is 1. The van der Waals surface area contributed by atoms with E-state index < -0.39 is 5.82 Å². The Bertz CT molecular complexity index is 1350. The van der Waals surface area contributed by atoms with Gasteiger partial charge in [-0.3, -0.25) is 9.69 Å². The van der Waals surface area contributed by atoms with Crippen molar-refractivity contribution in [2.24, 2.45) is 0 Å². The van der Waals surface area contributed by atoms with E-state index in [-0.39, 0.29) is 29.5 Å². The van der Waals surface area contributed by atoms with Crippen LogP contribution in [0.4, 0.5) is 4.39 Å². The number of ether oxygens (including phenoxy) is 1. The molecule has 1 amide bonds. The second kappa shape index (κ2) is 9.04. The molecule has 0 N–H and O–H groups in total. The van der Waals surface area contributed by atoms with Crippen LogP contribution in [0, 0.1) is 24.1 Å². The lowest BCUT2D eigenvalue weighted by Gasteiger charge is -2.46. The van der Waals surface area contributed by atoms with Gasteiger partial charge in [-0.25, -0.2) is 9.37 Å². The Kier molecular flexibility index (Phi) is 5.70. The summed E-state index contributed by atoms with van der Waals surface area (Å²) in [6, 6.07) is 7.08. The average molecular weight is 489 g/mol. The number of amides is 1. The lowest BCUT2D eigenvalue weighted by atomic mass is 9.95. The predicted octanol–water partition coefficient (Wildman–Crippen LogP) is 1.69. The highest BCUT2D eigenvalue weighted by Crippen LogP contribution is 2.36. The van der Waals surface area contributed by atoms with Crippen LogP contribution in [-0.4, -0.2) is 79.7 Å². The quantitative estimate of drug-likeness (QED) is 0.547. The second-order valence-electron chi connectivity index (χ2n) is 9.59. The zero-order valence-corrected chi connectivity index (χ0v) is 19.8. The third kappa shape index (κ3) is 3.83. The molecule has 0 radical (unpaired) electrons. The number of morpholine rings is 1. The van der Waals surface area contributed by atoms with Crippen molar-refractivity contribution >= 4 is 5.91 Å². The van der Waals surface area contributed by atoms with Crippen molar-refractivity contribution in [3.63, 3.8) is 0 Å². The van der Waals surface area contributed by atoms with Crippen LogP contribution in [0.25, 0.3) is 5.82 Å². The van der Waals surface area contributed by atoms with Gasteiger partial charge in [0.15, 0.2) is 5.82 Å².